The van der Waals surface area contributed by atoms with Gasteiger partial charge in [0, 0.05) is 0 Å². The number of carbonyl (C=O) groups is 2. The molecule has 0 unspecified atom stereocenters. The van der Waals surface area contributed by atoms with E-state index in [1.807, 2.05) is 0 Å². The molecule has 0 saturated heterocycles. The van der Waals surface area contributed by atoms with Gasteiger partial charge in [0.15, 0.2) is 11.5 Å². The lowest BCUT2D eigenvalue weighted by atomic mass is 10.4. The SMILES string of the molecule is COC(=O)c1cnc2c(n1)NC(=O)CS2. The van der Waals surface area contributed by atoms with Crippen LogP contribution < -0.4 is 5.32 Å². The normalized spacial score (nSPS) is 14.1. The minimum atomic E-state index is -0.574. The first-order valence-corrected chi connectivity index (χ1v) is 5.07. The molecule has 0 saturated carbocycles. The third-order valence-corrected chi connectivity index (χ3v) is 2.71. The summed E-state index contributed by atoms with van der Waals surface area (Å²) >= 11 is 1.29. The number of fused-ring (bicyclic) bond motifs is 1. The van der Waals surface area contributed by atoms with E-state index in [4.69, 9.17) is 0 Å². The molecule has 1 aromatic heterocycles. The van der Waals surface area contributed by atoms with Gasteiger partial charge < -0.3 is 10.1 Å². The molecule has 1 aliphatic heterocycles. The van der Waals surface area contributed by atoms with Crippen molar-refractivity contribution in [2.75, 3.05) is 18.2 Å². The number of hydrogen-bond donors (Lipinski definition) is 1. The Kier molecular flexibility index (Phi) is 2.55. The second-order valence-electron chi connectivity index (χ2n) is 2.74. The van der Waals surface area contributed by atoms with Gasteiger partial charge in [0.2, 0.25) is 5.91 Å². The molecule has 2 heterocycles. The Morgan fingerprint density at radius 1 is 1.67 bits per heavy atom. The van der Waals surface area contributed by atoms with Gasteiger partial charge in [-0.3, -0.25) is 4.79 Å². The molecule has 78 valence electrons. The van der Waals surface area contributed by atoms with E-state index in [0.717, 1.165) is 0 Å². The number of ether oxygens (including phenoxy) is 1. The van der Waals surface area contributed by atoms with E-state index < -0.39 is 5.97 Å². The van der Waals surface area contributed by atoms with Crippen LogP contribution in [0.5, 0.6) is 0 Å². The average molecular weight is 225 g/mol. The molecule has 2 rings (SSSR count). The smallest absolute Gasteiger partial charge is 0.358 e. The zero-order chi connectivity index (χ0) is 10.8. The van der Waals surface area contributed by atoms with Crippen molar-refractivity contribution in [1.29, 1.82) is 0 Å². The van der Waals surface area contributed by atoms with Crippen LogP contribution >= 0.6 is 11.8 Å². The Morgan fingerprint density at radius 3 is 3.20 bits per heavy atom. The number of esters is 1. The van der Waals surface area contributed by atoms with Crippen LogP contribution in [0, 0.1) is 0 Å². The molecule has 7 heteroatoms. The molecule has 1 amide bonds. The van der Waals surface area contributed by atoms with Crippen molar-refractivity contribution < 1.29 is 14.3 Å². The molecular weight excluding hydrogens is 218 g/mol. The maximum absolute atomic E-state index is 11.1. The highest BCUT2D eigenvalue weighted by molar-refractivity contribution is 8.00. The van der Waals surface area contributed by atoms with Crippen molar-refractivity contribution in [3.05, 3.63) is 11.9 Å². The maximum Gasteiger partial charge on any atom is 0.358 e. The topological polar surface area (TPSA) is 81.2 Å². The highest BCUT2D eigenvalue weighted by atomic mass is 32.2. The summed E-state index contributed by atoms with van der Waals surface area (Å²) in [5, 5.41) is 3.15. The van der Waals surface area contributed by atoms with Gasteiger partial charge >= 0.3 is 5.97 Å². The van der Waals surface area contributed by atoms with Crippen LogP contribution in [-0.4, -0.2) is 34.7 Å². The van der Waals surface area contributed by atoms with Crippen LogP contribution in [0.2, 0.25) is 0 Å². The second-order valence-corrected chi connectivity index (χ2v) is 3.70. The van der Waals surface area contributed by atoms with E-state index in [1.165, 1.54) is 25.1 Å². The molecule has 0 bridgehead atoms. The number of nitrogens with zero attached hydrogens (tertiary/aromatic N) is 2. The van der Waals surface area contributed by atoms with Crippen molar-refractivity contribution in [3.8, 4) is 0 Å². The summed E-state index contributed by atoms with van der Waals surface area (Å²) < 4.78 is 4.49. The highest BCUT2D eigenvalue weighted by Crippen LogP contribution is 2.27. The van der Waals surface area contributed by atoms with Gasteiger partial charge in [-0.25, -0.2) is 14.8 Å². The Balaban J connectivity index is 2.36. The van der Waals surface area contributed by atoms with E-state index in [0.29, 0.717) is 16.6 Å². The number of aromatic nitrogens is 2. The van der Waals surface area contributed by atoms with Gasteiger partial charge in [-0.1, -0.05) is 11.8 Å². The van der Waals surface area contributed by atoms with Crippen LogP contribution in [0.25, 0.3) is 0 Å². The van der Waals surface area contributed by atoms with Crippen LogP contribution in [0.15, 0.2) is 11.2 Å². The van der Waals surface area contributed by atoms with E-state index in [9.17, 15) is 9.59 Å². The third-order valence-electron chi connectivity index (χ3n) is 1.73. The predicted octanol–water partition coefficient (Wildman–Crippen LogP) is 0.307. The number of rotatable bonds is 1. The molecule has 0 atom stereocenters. The fraction of sp³-hybridized carbons (Fsp3) is 0.250. The van der Waals surface area contributed by atoms with E-state index in [1.54, 1.807) is 0 Å². The quantitative estimate of drug-likeness (QED) is 0.692. The average Bonchev–Trinajstić information content (AvgIpc) is 2.27. The molecule has 1 N–H and O–H groups in total. The lowest BCUT2D eigenvalue weighted by Crippen LogP contribution is -2.21. The Morgan fingerprint density at radius 2 is 2.47 bits per heavy atom. The van der Waals surface area contributed by atoms with Crippen LogP contribution in [0.4, 0.5) is 5.82 Å². The number of thioether (sulfide) groups is 1. The number of carbonyl (C=O) groups excluding carboxylic acids is 2. The van der Waals surface area contributed by atoms with Gasteiger partial charge in [0.05, 0.1) is 19.1 Å². The van der Waals surface area contributed by atoms with Gasteiger partial charge in [-0.2, -0.15) is 0 Å². The van der Waals surface area contributed by atoms with Crippen LogP contribution in [0.1, 0.15) is 10.5 Å². The molecule has 0 fully saturated rings. The zero-order valence-corrected chi connectivity index (χ0v) is 8.63. The first-order valence-electron chi connectivity index (χ1n) is 4.08. The van der Waals surface area contributed by atoms with Gasteiger partial charge in [0.1, 0.15) is 5.03 Å². The number of nitrogens with one attached hydrogen (secondary N) is 1. The van der Waals surface area contributed by atoms with Crippen LogP contribution in [-0.2, 0) is 9.53 Å². The molecule has 0 spiro atoms. The van der Waals surface area contributed by atoms with Gasteiger partial charge in [-0.15, -0.1) is 0 Å². The Hall–Kier alpha value is -1.63. The van der Waals surface area contributed by atoms with Crippen molar-refractivity contribution >= 4 is 29.5 Å². The fourth-order valence-electron chi connectivity index (χ4n) is 1.07. The lowest BCUT2D eigenvalue weighted by molar-refractivity contribution is -0.113. The molecule has 0 aliphatic carbocycles. The number of amides is 1. The first kappa shape index (κ1) is 9.91. The molecule has 1 aromatic rings. The number of methoxy groups -OCH3 is 1. The summed E-state index contributed by atoms with van der Waals surface area (Å²) in [6.07, 6.45) is 1.33. The Labute approximate surface area is 89.4 Å². The fourth-order valence-corrected chi connectivity index (χ4v) is 1.77. The van der Waals surface area contributed by atoms with E-state index >= 15 is 0 Å². The first-order chi connectivity index (χ1) is 7.20. The summed E-state index contributed by atoms with van der Waals surface area (Å²) in [6, 6.07) is 0. The van der Waals surface area contributed by atoms with E-state index in [-0.39, 0.29) is 11.6 Å². The second kappa shape index (κ2) is 3.85. The van der Waals surface area contributed by atoms with Crippen molar-refractivity contribution in [1.82, 2.24) is 9.97 Å². The summed E-state index contributed by atoms with van der Waals surface area (Å²) in [5.74, 6) is -0.0858. The molecule has 15 heavy (non-hydrogen) atoms. The number of anilines is 1. The number of hydrogen-bond acceptors (Lipinski definition) is 6. The zero-order valence-electron chi connectivity index (χ0n) is 7.81. The summed E-state index contributed by atoms with van der Waals surface area (Å²) in [5.41, 5.74) is 0.0825. The molecule has 1 aliphatic rings. The van der Waals surface area contributed by atoms with Crippen molar-refractivity contribution in [2.24, 2.45) is 0 Å². The minimum absolute atomic E-state index is 0.0825. The monoisotopic (exact) mass is 225 g/mol. The summed E-state index contributed by atoms with van der Waals surface area (Å²) in [7, 11) is 1.26. The summed E-state index contributed by atoms with van der Waals surface area (Å²) in [6.45, 7) is 0. The summed E-state index contributed by atoms with van der Waals surface area (Å²) in [4.78, 5) is 30.1. The van der Waals surface area contributed by atoms with E-state index in [2.05, 4.69) is 20.0 Å². The standard InChI is InChI=1S/C8H7N3O3S/c1-14-8(13)4-2-9-7-6(10-4)11-5(12)3-15-7/h2H,3H2,1H3,(H,10,11,12). The molecular formula is C8H7N3O3S. The third kappa shape index (κ3) is 1.91. The van der Waals surface area contributed by atoms with Gasteiger partial charge in [-0.05, 0) is 0 Å². The largest absolute Gasteiger partial charge is 0.464 e. The highest BCUT2D eigenvalue weighted by Gasteiger charge is 2.20. The van der Waals surface area contributed by atoms with Gasteiger partial charge in [0.25, 0.3) is 0 Å². The minimum Gasteiger partial charge on any atom is -0.464 e. The molecule has 6 nitrogen and oxygen atoms in total. The molecule has 0 radical (unpaired) electrons. The van der Waals surface area contributed by atoms with Crippen molar-refractivity contribution in [2.45, 2.75) is 5.03 Å². The Bertz CT molecular complexity index is 435. The lowest BCUT2D eigenvalue weighted by Gasteiger charge is -2.13. The maximum atomic E-state index is 11.1. The van der Waals surface area contributed by atoms with Crippen molar-refractivity contribution in [3.63, 3.8) is 0 Å². The van der Waals surface area contributed by atoms with Crippen LogP contribution in [0.3, 0.4) is 0 Å². The molecule has 0 aromatic carbocycles. The predicted molar refractivity (Wildman–Crippen MR) is 52.7 cm³/mol.